The molecule has 37 heavy (non-hydrogen) atoms. The average Bonchev–Trinajstić information content (AvgIpc) is 2.86. The Kier molecular flexibility index (Phi) is 8.47. The Morgan fingerprint density at radius 1 is 1.03 bits per heavy atom. The minimum absolute atomic E-state index is 0.151. The summed E-state index contributed by atoms with van der Waals surface area (Å²) in [6.45, 7) is 6.12. The summed E-state index contributed by atoms with van der Waals surface area (Å²) >= 11 is 0. The van der Waals surface area contributed by atoms with Crippen molar-refractivity contribution in [2.45, 2.75) is 83.7 Å². The number of esters is 2. The van der Waals surface area contributed by atoms with Gasteiger partial charge in [0.2, 0.25) is 0 Å². The first-order valence-electron chi connectivity index (χ1n) is 13.2. The minimum Gasteiger partial charge on any atom is -0.495 e. The van der Waals surface area contributed by atoms with Crippen LogP contribution >= 0.6 is 0 Å². The zero-order chi connectivity index (χ0) is 26.5. The number of hydrogen-bond acceptors (Lipinski definition) is 6. The fraction of sp³-hybridized carbons (Fsp3) is 0.452. The van der Waals surface area contributed by atoms with E-state index in [0.717, 1.165) is 12.0 Å². The van der Waals surface area contributed by atoms with E-state index in [2.05, 4.69) is 26.0 Å². The van der Waals surface area contributed by atoms with Crippen molar-refractivity contribution in [3.8, 4) is 11.5 Å². The van der Waals surface area contributed by atoms with Gasteiger partial charge in [0.25, 0.3) is 0 Å². The largest absolute Gasteiger partial charge is 0.495 e. The van der Waals surface area contributed by atoms with Crippen molar-refractivity contribution in [1.82, 2.24) is 0 Å². The third-order valence-electron chi connectivity index (χ3n) is 7.17. The molecule has 0 amide bonds. The molecule has 6 nitrogen and oxygen atoms in total. The van der Waals surface area contributed by atoms with Crippen LogP contribution < -0.4 is 9.47 Å². The summed E-state index contributed by atoms with van der Waals surface area (Å²) in [4.78, 5) is 38.3. The second kappa shape index (κ2) is 11.8. The highest BCUT2D eigenvalue weighted by Gasteiger charge is 2.36. The summed E-state index contributed by atoms with van der Waals surface area (Å²) in [7, 11) is 1.53. The van der Waals surface area contributed by atoms with Crippen LogP contribution in [0.15, 0.2) is 36.4 Å². The first-order valence-corrected chi connectivity index (χ1v) is 13.2. The van der Waals surface area contributed by atoms with Crippen molar-refractivity contribution in [3.05, 3.63) is 64.2 Å². The maximum absolute atomic E-state index is 13.5. The molecule has 0 radical (unpaired) electrons. The number of ketones is 1. The molecular weight excluding hydrogens is 468 g/mol. The van der Waals surface area contributed by atoms with E-state index in [0.29, 0.717) is 66.2 Å². The molecule has 0 spiro atoms. The van der Waals surface area contributed by atoms with Crippen molar-refractivity contribution in [2.75, 3.05) is 7.11 Å². The molecule has 0 fully saturated rings. The maximum Gasteiger partial charge on any atom is 0.342 e. The number of fused-ring (bicyclic) bond motifs is 2. The topological polar surface area (TPSA) is 78.9 Å². The minimum atomic E-state index is -0.485. The molecule has 2 aromatic carbocycles. The number of carbonyl (C=O) groups is 3. The molecule has 0 N–H and O–H groups in total. The van der Waals surface area contributed by atoms with Crippen LogP contribution in [0.3, 0.4) is 0 Å². The van der Waals surface area contributed by atoms with Gasteiger partial charge in [-0.15, -0.1) is 0 Å². The predicted octanol–water partition coefficient (Wildman–Crippen LogP) is 6.74. The Morgan fingerprint density at radius 3 is 2.46 bits per heavy atom. The van der Waals surface area contributed by atoms with E-state index in [1.165, 1.54) is 12.7 Å². The van der Waals surface area contributed by atoms with Gasteiger partial charge in [-0.25, -0.2) is 4.79 Å². The lowest BCUT2D eigenvalue weighted by Crippen LogP contribution is -2.24. The van der Waals surface area contributed by atoms with E-state index in [1.807, 2.05) is 31.2 Å². The third kappa shape index (κ3) is 6.12. The van der Waals surface area contributed by atoms with Crippen molar-refractivity contribution >= 4 is 23.8 Å². The molecule has 0 aliphatic carbocycles. The van der Waals surface area contributed by atoms with Crippen LogP contribution in [0.4, 0.5) is 0 Å². The number of cyclic esters (lactones) is 1. The Labute approximate surface area is 219 Å². The Balaban J connectivity index is 1.83. The normalized spacial score (nSPS) is 20.9. The van der Waals surface area contributed by atoms with Gasteiger partial charge >= 0.3 is 11.9 Å². The zero-order valence-electron chi connectivity index (χ0n) is 22.2. The molecule has 6 heteroatoms. The van der Waals surface area contributed by atoms with Crippen LogP contribution in [0, 0.1) is 0 Å². The summed E-state index contributed by atoms with van der Waals surface area (Å²) in [5.41, 5.74) is 3.76. The standard InChI is InChI=1S/C31H36O6/c1-19(2)21-13-15-22(16-14-21)25-18-27(33)37-26-17-23-10-6-5-7-11-24(32)12-8-9-20(3)36-31(34)28(23)30(35-4)29(25)26/h6,10,13-17,19-20,25H,5,7-9,11-12,18H2,1-4H3/t20-,25-/m1/s1. The third-order valence-corrected chi connectivity index (χ3v) is 7.17. The van der Waals surface area contributed by atoms with Gasteiger partial charge in [-0.3, -0.25) is 9.59 Å². The molecule has 2 aliphatic heterocycles. The van der Waals surface area contributed by atoms with Gasteiger partial charge in [0.15, 0.2) is 0 Å². The number of benzene rings is 2. The van der Waals surface area contributed by atoms with Gasteiger partial charge in [-0.1, -0.05) is 50.3 Å². The lowest BCUT2D eigenvalue weighted by Gasteiger charge is -2.29. The highest BCUT2D eigenvalue weighted by Crippen LogP contribution is 2.47. The van der Waals surface area contributed by atoms with Gasteiger partial charge in [0.1, 0.15) is 22.8 Å². The van der Waals surface area contributed by atoms with Gasteiger partial charge < -0.3 is 14.2 Å². The molecule has 0 saturated carbocycles. The molecule has 0 unspecified atom stereocenters. The van der Waals surface area contributed by atoms with Crippen LogP contribution in [0.25, 0.3) is 6.08 Å². The number of Topliss-reactive ketones (excluding diaryl/α,β-unsaturated/α-hetero) is 1. The highest BCUT2D eigenvalue weighted by molar-refractivity contribution is 5.99. The maximum atomic E-state index is 13.5. The number of allylic oxidation sites excluding steroid dienone is 1. The fourth-order valence-electron chi connectivity index (χ4n) is 5.11. The van der Waals surface area contributed by atoms with Gasteiger partial charge in [-0.05, 0) is 61.3 Å². The van der Waals surface area contributed by atoms with E-state index in [1.54, 1.807) is 6.07 Å². The Morgan fingerprint density at radius 2 is 1.76 bits per heavy atom. The smallest absolute Gasteiger partial charge is 0.342 e. The molecular formula is C31H36O6. The number of hydrogen-bond donors (Lipinski definition) is 0. The Hall–Kier alpha value is -3.41. The Bertz CT molecular complexity index is 1190. The second-order valence-electron chi connectivity index (χ2n) is 10.3. The molecule has 4 rings (SSSR count). The van der Waals surface area contributed by atoms with Gasteiger partial charge in [0.05, 0.1) is 19.6 Å². The lowest BCUT2D eigenvalue weighted by atomic mass is 9.83. The van der Waals surface area contributed by atoms with E-state index >= 15 is 0 Å². The van der Waals surface area contributed by atoms with Crippen molar-refractivity contribution in [3.63, 3.8) is 0 Å². The lowest BCUT2D eigenvalue weighted by molar-refractivity contribution is -0.135. The zero-order valence-corrected chi connectivity index (χ0v) is 22.2. The molecule has 0 aromatic heterocycles. The molecule has 0 bridgehead atoms. The molecule has 0 saturated heterocycles. The van der Waals surface area contributed by atoms with E-state index in [4.69, 9.17) is 14.2 Å². The van der Waals surface area contributed by atoms with Crippen molar-refractivity contribution < 1.29 is 28.6 Å². The SMILES string of the molecule is COc1c2c(cc3c1[C@@H](c1ccc(C(C)C)cc1)CC(=O)O3)C=CCCCC(=O)CCC[C@@H](C)OC2=O. The molecule has 2 aromatic rings. The summed E-state index contributed by atoms with van der Waals surface area (Å²) < 4.78 is 17.4. The number of ether oxygens (including phenoxy) is 3. The van der Waals surface area contributed by atoms with Gasteiger partial charge in [0, 0.05) is 24.3 Å². The van der Waals surface area contributed by atoms with E-state index in [9.17, 15) is 14.4 Å². The predicted molar refractivity (Wildman–Crippen MR) is 142 cm³/mol. The highest BCUT2D eigenvalue weighted by atomic mass is 16.5. The van der Waals surface area contributed by atoms with Crippen molar-refractivity contribution in [2.24, 2.45) is 0 Å². The van der Waals surface area contributed by atoms with E-state index < -0.39 is 5.97 Å². The quantitative estimate of drug-likeness (QED) is 0.340. The van der Waals surface area contributed by atoms with Crippen LogP contribution in [0.5, 0.6) is 11.5 Å². The molecule has 196 valence electrons. The first kappa shape index (κ1) is 26.6. The molecule has 2 aliphatic rings. The monoisotopic (exact) mass is 504 g/mol. The van der Waals surface area contributed by atoms with Crippen molar-refractivity contribution in [1.29, 1.82) is 0 Å². The summed E-state index contributed by atoms with van der Waals surface area (Å²) in [6, 6.07) is 9.97. The number of rotatable bonds is 3. The average molecular weight is 505 g/mol. The molecule has 2 heterocycles. The van der Waals surface area contributed by atoms with Gasteiger partial charge in [-0.2, -0.15) is 0 Å². The summed E-state index contributed by atoms with van der Waals surface area (Å²) in [6.07, 6.45) is 7.34. The van der Waals surface area contributed by atoms with E-state index in [-0.39, 0.29) is 30.2 Å². The van der Waals surface area contributed by atoms with Crippen LogP contribution in [-0.2, 0) is 14.3 Å². The number of carbonyl (C=O) groups excluding carboxylic acids is 3. The molecule has 2 atom stereocenters. The summed E-state index contributed by atoms with van der Waals surface area (Å²) in [5.74, 6) is 0.274. The van der Waals surface area contributed by atoms with Crippen LogP contribution in [0.1, 0.15) is 110 Å². The van der Waals surface area contributed by atoms with Crippen LogP contribution in [-0.4, -0.2) is 30.9 Å². The fourth-order valence-corrected chi connectivity index (χ4v) is 5.11. The first-order chi connectivity index (χ1) is 17.8. The number of methoxy groups -OCH3 is 1. The second-order valence-corrected chi connectivity index (χ2v) is 10.3. The summed E-state index contributed by atoms with van der Waals surface area (Å²) in [5, 5.41) is 0. The van der Waals surface area contributed by atoms with Crippen LogP contribution in [0.2, 0.25) is 0 Å².